The molecule has 184 valence electrons. The Balaban J connectivity index is 1.09. The second-order valence-electron chi connectivity index (χ2n) is 8.28. The highest BCUT2D eigenvalue weighted by Gasteiger charge is 2.09. The molecular weight excluding hydrogens is 506 g/mol. The lowest BCUT2D eigenvalue weighted by Gasteiger charge is -2.08. The molecule has 2 amide bonds. The number of carbonyl (C=O) groups excluding carboxylic acids is 2. The molecule has 0 aliphatic heterocycles. The third-order valence-corrected chi connectivity index (χ3v) is 6.76. The maximum atomic E-state index is 12.4. The minimum absolute atomic E-state index is 0.107. The zero-order valence-electron chi connectivity index (χ0n) is 19.6. The number of rotatable bonds is 8. The average molecular weight is 528 g/mol. The van der Waals surface area contributed by atoms with Crippen molar-refractivity contribution in [2.24, 2.45) is 0 Å². The Bertz CT molecular complexity index is 1500. The number of benzene rings is 4. The van der Waals surface area contributed by atoms with Crippen LogP contribution in [0.1, 0.15) is 5.56 Å². The van der Waals surface area contributed by atoms with Gasteiger partial charge in [-0.1, -0.05) is 35.9 Å². The molecular formula is C29H22ClN3O3S. The summed E-state index contributed by atoms with van der Waals surface area (Å²) < 4.78 is 5.79. The molecule has 0 aliphatic carbocycles. The molecule has 0 spiro atoms. The van der Waals surface area contributed by atoms with Gasteiger partial charge in [-0.3, -0.25) is 9.59 Å². The normalized spacial score (nSPS) is 10.8. The van der Waals surface area contributed by atoms with Crippen molar-refractivity contribution in [3.8, 4) is 11.5 Å². The zero-order chi connectivity index (χ0) is 25.6. The predicted octanol–water partition coefficient (Wildman–Crippen LogP) is 7.06. The summed E-state index contributed by atoms with van der Waals surface area (Å²) in [4.78, 5) is 30.1. The Morgan fingerprint density at radius 3 is 2.14 bits per heavy atom. The van der Waals surface area contributed by atoms with Crippen LogP contribution in [0.15, 0.2) is 106 Å². The first-order valence-electron chi connectivity index (χ1n) is 11.5. The van der Waals surface area contributed by atoms with Gasteiger partial charge in [0.2, 0.25) is 17.7 Å². The lowest BCUT2D eigenvalue weighted by Crippen LogP contribution is -2.14. The van der Waals surface area contributed by atoms with Crippen molar-refractivity contribution < 1.29 is 14.0 Å². The maximum absolute atomic E-state index is 12.4. The van der Waals surface area contributed by atoms with E-state index < -0.39 is 0 Å². The van der Waals surface area contributed by atoms with E-state index in [2.05, 4.69) is 15.6 Å². The van der Waals surface area contributed by atoms with Crippen molar-refractivity contribution in [1.82, 2.24) is 4.98 Å². The Morgan fingerprint density at radius 1 is 0.784 bits per heavy atom. The number of carbonyl (C=O) groups is 2. The third-order valence-electron chi connectivity index (χ3n) is 5.50. The first kappa shape index (κ1) is 24.6. The number of para-hydroxylation sites is 2. The van der Waals surface area contributed by atoms with Crippen molar-refractivity contribution >= 4 is 57.7 Å². The van der Waals surface area contributed by atoms with Crippen molar-refractivity contribution in [3.63, 3.8) is 0 Å². The number of thioether (sulfide) groups is 1. The van der Waals surface area contributed by atoms with E-state index in [9.17, 15) is 9.59 Å². The van der Waals surface area contributed by atoms with Crippen molar-refractivity contribution in [2.75, 3.05) is 16.4 Å². The Morgan fingerprint density at radius 2 is 1.43 bits per heavy atom. The molecule has 4 aromatic carbocycles. The Labute approximate surface area is 223 Å². The quantitative estimate of drug-likeness (QED) is 0.211. The molecule has 0 bridgehead atoms. The highest BCUT2D eigenvalue weighted by molar-refractivity contribution is 8.00. The first-order chi connectivity index (χ1) is 18.0. The number of nitrogens with one attached hydrogen (secondary N) is 2. The monoisotopic (exact) mass is 527 g/mol. The molecule has 6 nitrogen and oxygen atoms in total. The molecule has 37 heavy (non-hydrogen) atoms. The SMILES string of the molecule is O=C(CSc1ccc(NC(=O)Cc2ccc(Cl)cc2)cc1)Nc1ccc(-c2nc3ccccc3o2)cc1. The minimum atomic E-state index is -0.111. The summed E-state index contributed by atoms with van der Waals surface area (Å²) >= 11 is 7.30. The topological polar surface area (TPSA) is 84.2 Å². The molecule has 1 aromatic heterocycles. The van der Waals surface area contributed by atoms with E-state index in [0.29, 0.717) is 22.3 Å². The van der Waals surface area contributed by atoms with E-state index in [1.807, 2.05) is 84.9 Å². The summed E-state index contributed by atoms with van der Waals surface area (Å²) in [6.07, 6.45) is 0.267. The van der Waals surface area contributed by atoms with Gasteiger partial charge in [-0.25, -0.2) is 4.98 Å². The van der Waals surface area contributed by atoms with E-state index in [1.165, 1.54) is 11.8 Å². The van der Waals surface area contributed by atoms with Gasteiger partial charge in [-0.2, -0.15) is 0 Å². The molecule has 5 rings (SSSR count). The van der Waals surface area contributed by atoms with Gasteiger partial charge in [0, 0.05) is 26.9 Å². The van der Waals surface area contributed by atoms with Crippen LogP contribution in [0.4, 0.5) is 11.4 Å². The molecule has 0 fully saturated rings. The van der Waals surface area contributed by atoms with Gasteiger partial charge in [0.1, 0.15) is 5.52 Å². The Kier molecular flexibility index (Phi) is 7.54. The molecule has 0 aliphatic rings. The van der Waals surface area contributed by atoms with Gasteiger partial charge in [0.15, 0.2) is 5.58 Å². The van der Waals surface area contributed by atoms with Crippen LogP contribution in [0, 0.1) is 0 Å². The van der Waals surface area contributed by atoms with Crippen LogP contribution in [0.3, 0.4) is 0 Å². The first-order valence-corrected chi connectivity index (χ1v) is 12.9. The van der Waals surface area contributed by atoms with Crippen LogP contribution in [-0.2, 0) is 16.0 Å². The van der Waals surface area contributed by atoms with Crippen LogP contribution in [-0.4, -0.2) is 22.6 Å². The predicted molar refractivity (Wildman–Crippen MR) is 149 cm³/mol. The molecule has 5 aromatic rings. The van der Waals surface area contributed by atoms with Gasteiger partial charge in [-0.05, 0) is 78.4 Å². The number of hydrogen-bond donors (Lipinski definition) is 2. The smallest absolute Gasteiger partial charge is 0.234 e. The summed E-state index contributed by atoms with van der Waals surface area (Å²) in [6, 6.07) is 29.6. The molecule has 0 saturated carbocycles. The van der Waals surface area contributed by atoms with Crippen LogP contribution in [0.5, 0.6) is 0 Å². The summed E-state index contributed by atoms with van der Waals surface area (Å²) in [6.45, 7) is 0. The number of fused-ring (bicyclic) bond motifs is 1. The number of oxazole rings is 1. The van der Waals surface area contributed by atoms with Crippen LogP contribution in [0.25, 0.3) is 22.6 Å². The molecule has 0 unspecified atom stereocenters. The van der Waals surface area contributed by atoms with Crippen LogP contribution >= 0.6 is 23.4 Å². The molecule has 8 heteroatoms. The van der Waals surface area contributed by atoms with E-state index in [0.717, 1.165) is 27.1 Å². The minimum Gasteiger partial charge on any atom is -0.436 e. The molecule has 0 saturated heterocycles. The van der Waals surface area contributed by atoms with Crippen molar-refractivity contribution in [1.29, 1.82) is 0 Å². The molecule has 2 N–H and O–H groups in total. The largest absolute Gasteiger partial charge is 0.436 e. The van der Waals surface area contributed by atoms with Gasteiger partial charge >= 0.3 is 0 Å². The number of anilines is 2. The fourth-order valence-electron chi connectivity index (χ4n) is 3.67. The van der Waals surface area contributed by atoms with Gasteiger partial charge in [0.05, 0.1) is 12.2 Å². The molecule has 0 atom stereocenters. The van der Waals surface area contributed by atoms with E-state index in [1.54, 1.807) is 12.1 Å². The average Bonchev–Trinajstić information content (AvgIpc) is 3.34. The highest BCUT2D eigenvalue weighted by Crippen LogP contribution is 2.26. The second-order valence-corrected chi connectivity index (χ2v) is 9.76. The van der Waals surface area contributed by atoms with E-state index in [-0.39, 0.29) is 24.0 Å². The van der Waals surface area contributed by atoms with E-state index >= 15 is 0 Å². The lowest BCUT2D eigenvalue weighted by atomic mass is 10.1. The van der Waals surface area contributed by atoms with Crippen LogP contribution in [0.2, 0.25) is 5.02 Å². The zero-order valence-corrected chi connectivity index (χ0v) is 21.2. The molecule has 0 radical (unpaired) electrons. The Hall–Kier alpha value is -4.07. The summed E-state index contributed by atoms with van der Waals surface area (Å²) in [5.74, 6) is 0.582. The number of halogens is 1. The number of amides is 2. The maximum Gasteiger partial charge on any atom is 0.234 e. The highest BCUT2D eigenvalue weighted by atomic mass is 35.5. The number of hydrogen-bond acceptors (Lipinski definition) is 5. The third kappa shape index (κ3) is 6.58. The van der Waals surface area contributed by atoms with Crippen molar-refractivity contribution in [3.05, 3.63) is 108 Å². The number of aromatic nitrogens is 1. The molecule has 1 heterocycles. The van der Waals surface area contributed by atoms with E-state index in [4.69, 9.17) is 16.0 Å². The van der Waals surface area contributed by atoms with Gasteiger partial charge in [-0.15, -0.1) is 11.8 Å². The fraction of sp³-hybridized carbons (Fsp3) is 0.0690. The standard InChI is InChI=1S/C29H22ClN3O3S/c30-21-9-5-19(6-10-21)17-27(34)31-23-13-15-24(16-14-23)37-18-28(35)32-22-11-7-20(8-12-22)29-33-25-3-1-2-4-26(25)36-29/h1-16H,17-18H2,(H,31,34)(H,32,35). The lowest BCUT2D eigenvalue weighted by molar-refractivity contribution is -0.115. The van der Waals surface area contributed by atoms with Crippen molar-refractivity contribution in [2.45, 2.75) is 11.3 Å². The summed E-state index contributed by atoms with van der Waals surface area (Å²) in [5, 5.41) is 6.43. The summed E-state index contributed by atoms with van der Waals surface area (Å²) in [5.41, 5.74) is 4.67. The fourth-order valence-corrected chi connectivity index (χ4v) is 4.49. The van der Waals surface area contributed by atoms with Gasteiger partial charge < -0.3 is 15.1 Å². The van der Waals surface area contributed by atoms with Gasteiger partial charge in [0.25, 0.3) is 0 Å². The number of nitrogens with zero attached hydrogens (tertiary/aromatic N) is 1. The summed E-state index contributed by atoms with van der Waals surface area (Å²) in [7, 11) is 0. The second kappa shape index (κ2) is 11.3. The van der Waals surface area contributed by atoms with Crippen LogP contribution < -0.4 is 10.6 Å².